The number of aliphatic hydroxyl groups is 1. The van der Waals surface area contributed by atoms with Crippen molar-refractivity contribution in [1.29, 1.82) is 0 Å². The summed E-state index contributed by atoms with van der Waals surface area (Å²) in [5.41, 5.74) is 5.76. The molecule has 7 heteroatoms. The van der Waals surface area contributed by atoms with Crippen LogP contribution in [0.3, 0.4) is 0 Å². The minimum atomic E-state index is -4.77. The van der Waals surface area contributed by atoms with Gasteiger partial charge < -0.3 is 15.6 Å². The molecular formula is C8H7BrF3NO2. The fourth-order valence-electron chi connectivity index (χ4n) is 0.950. The zero-order valence-electron chi connectivity index (χ0n) is 7.31. The quantitative estimate of drug-likeness (QED) is 0.821. The predicted octanol–water partition coefficient (Wildman–Crippen LogP) is 2.42. The first-order valence-electron chi connectivity index (χ1n) is 3.78. The highest BCUT2D eigenvalue weighted by atomic mass is 79.9. The second kappa shape index (κ2) is 4.28. The number of anilines is 1. The van der Waals surface area contributed by atoms with Crippen LogP contribution in [0.4, 0.5) is 18.9 Å². The van der Waals surface area contributed by atoms with Gasteiger partial charge in [0.25, 0.3) is 0 Å². The van der Waals surface area contributed by atoms with Crippen molar-refractivity contribution in [2.45, 2.75) is 13.0 Å². The Bertz CT molecular complexity index is 368. The van der Waals surface area contributed by atoms with Crippen LogP contribution in [0.5, 0.6) is 5.75 Å². The molecule has 1 rings (SSSR count). The minimum absolute atomic E-state index is 0.0416. The van der Waals surface area contributed by atoms with Gasteiger partial charge in [0.2, 0.25) is 0 Å². The first-order chi connectivity index (χ1) is 6.83. The van der Waals surface area contributed by atoms with Crippen molar-refractivity contribution in [1.82, 2.24) is 0 Å². The highest BCUT2D eigenvalue weighted by molar-refractivity contribution is 9.10. The summed E-state index contributed by atoms with van der Waals surface area (Å²) in [7, 11) is 0. The zero-order valence-corrected chi connectivity index (χ0v) is 8.89. The fourth-order valence-corrected chi connectivity index (χ4v) is 1.42. The lowest BCUT2D eigenvalue weighted by Gasteiger charge is -2.12. The summed E-state index contributed by atoms with van der Waals surface area (Å²) >= 11 is 2.88. The van der Waals surface area contributed by atoms with Gasteiger partial charge in [-0.25, -0.2) is 0 Å². The molecule has 84 valence electrons. The largest absolute Gasteiger partial charge is 0.573 e. The lowest BCUT2D eigenvalue weighted by atomic mass is 10.2. The van der Waals surface area contributed by atoms with Crippen molar-refractivity contribution >= 4 is 21.6 Å². The van der Waals surface area contributed by atoms with Crippen LogP contribution in [-0.4, -0.2) is 11.5 Å². The lowest BCUT2D eigenvalue weighted by Crippen LogP contribution is -2.17. The summed E-state index contributed by atoms with van der Waals surface area (Å²) in [6.07, 6.45) is -4.77. The van der Waals surface area contributed by atoms with Gasteiger partial charge in [-0.1, -0.05) is 0 Å². The van der Waals surface area contributed by atoms with Gasteiger partial charge in [-0.15, -0.1) is 13.2 Å². The summed E-state index contributed by atoms with van der Waals surface area (Å²) in [4.78, 5) is 0. The average Bonchev–Trinajstić information content (AvgIpc) is 2.08. The molecule has 15 heavy (non-hydrogen) atoms. The Kier molecular flexibility index (Phi) is 3.46. The SMILES string of the molecule is Nc1cc(OC(F)(F)F)c(Br)cc1CO. The van der Waals surface area contributed by atoms with Gasteiger partial charge in [0.15, 0.2) is 0 Å². The smallest absolute Gasteiger partial charge is 0.405 e. The Morgan fingerprint density at radius 3 is 2.47 bits per heavy atom. The summed E-state index contributed by atoms with van der Waals surface area (Å²) in [6.45, 7) is -0.350. The maximum Gasteiger partial charge on any atom is 0.573 e. The molecule has 0 heterocycles. The molecule has 0 aliphatic carbocycles. The van der Waals surface area contributed by atoms with Gasteiger partial charge in [-0.2, -0.15) is 0 Å². The van der Waals surface area contributed by atoms with E-state index >= 15 is 0 Å². The number of hydrogen-bond donors (Lipinski definition) is 2. The lowest BCUT2D eigenvalue weighted by molar-refractivity contribution is -0.274. The molecule has 1 aromatic rings. The maximum absolute atomic E-state index is 11.9. The highest BCUT2D eigenvalue weighted by Gasteiger charge is 2.32. The molecular weight excluding hydrogens is 279 g/mol. The van der Waals surface area contributed by atoms with Gasteiger partial charge in [0, 0.05) is 17.3 Å². The number of rotatable bonds is 2. The molecule has 3 N–H and O–H groups in total. The monoisotopic (exact) mass is 285 g/mol. The number of halogens is 4. The molecule has 0 aromatic heterocycles. The molecule has 0 atom stereocenters. The van der Waals surface area contributed by atoms with Crippen LogP contribution in [0.1, 0.15) is 5.56 Å². The number of aliphatic hydroxyl groups excluding tert-OH is 1. The second-order valence-electron chi connectivity index (χ2n) is 2.69. The van der Waals surface area contributed by atoms with E-state index in [4.69, 9.17) is 10.8 Å². The molecule has 0 unspecified atom stereocenters. The summed E-state index contributed by atoms with van der Waals surface area (Å²) in [5.74, 6) is -0.433. The molecule has 0 aliphatic rings. The van der Waals surface area contributed by atoms with E-state index in [-0.39, 0.29) is 16.8 Å². The number of nitrogens with two attached hydrogens (primary N) is 1. The van der Waals surface area contributed by atoms with E-state index in [9.17, 15) is 13.2 Å². The van der Waals surface area contributed by atoms with Crippen molar-refractivity contribution in [3.05, 3.63) is 22.2 Å². The van der Waals surface area contributed by atoms with E-state index in [0.29, 0.717) is 5.56 Å². The molecule has 0 saturated heterocycles. The number of benzene rings is 1. The van der Waals surface area contributed by atoms with Crippen molar-refractivity contribution in [3.63, 3.8) is 0 Å². The zero-order chi connectivity index (χ0) is 11.6. The number of alkyl halides is 3. The number of nitrogen functional groups attached to an aromatic ring is 1. The Hall–Kier alpha value is -0.950. The van der Waals surface area contributed by atoms with Gasteiger partial charge >= 0.3 is 6.36 Å². The standard InChI is InChI=1S/C8H7BrF3NO2/c9-5-1-4(3-14)6(13)2-7(5)15-8(10,11)12/h1-2,14H,3,13H2. The fraction of sp³-hybridized carbons (Fsp3) is 0.250. The van der Waals surface area contributed by atoms with E-state index in [2.05, 4.69) is 20.7 Å². The molecule has 0 amide bonds. The van der Waals surface area contributed by atoms with E-state index in [0.717, 1.165) is 6.07 Å². The predicted molar refractivity (Wildman–Crippen MR) is 51.2 cm³/mol. The van der Waals surface area contributed by atoms with E-state index < -0.39 is 12.1 Å². The second-order valence-corrected chi connectivity index (χ2v) is 3.54. The first-order valence-corrected chi connectivity index (χ1v) is 4.57. The van der Waals surface area contributed by atoms with Crippen LogP contribution >= 0.6 is 15.9 Å². The first kappa shape index (κ1) is 12.1. The molecule has 0 aliphatic heterocycles. The maximum atomic E-state index is 11.9. The van der Waals surface area contributed by atoms with E-state index in [1.807, 2.05) is 0 Å². The molecule has 0 bridgehead atoms. The minimum Gasteiger partial charge on any atom is -0.405 e. The van der Waals surface area contributed by atoms with E-state index in [1.165, 1.54) is 6.07 Å². The van der Waals surface area contributed by atoms with Crippen molar-refractivity contribution in [2.24, 2.45) is 0 Å². The molecule has 0 radical (unpaired) electrons. The average molecular weight is 286 g/mol. The van der Waals surface area contributed by atoms with Gasteiger partial charge in [0.05, 0.1) is 11.1 Å². The molecule has 0 fully saturated rings. The summed E-state index contributed by atoms with van der Waals surface area (Å²) in [5, 5.41) is 8.80. The van der Waals surface area contributed by atoms with Crippen LogP contribution in [0, 0.1) is 0 Å². The van der Waals surface area contributed by atoms with Crippen molar-refractivity contribution < 1.29 is 23.0 Å². The van der Waals surface area contributed by atoms with Gasteiger partial charge in [0.1, 0.15) is 5.75 Å². The number of ether oxygens (including phenoxy) is 1. The Morgan fingerprint density at radius 1 is 1.40 bits per heavy atom. The molecule has 0 saturated carbocycles. The van der Waals surface area contributed by atoms with Crippen LogP contribution in [0.15, 0.2) is 16.6 Å². The van der Waals surface area contributed by atoms with Crippen LogP contribution in [0.25, 0.3) is 0 Å². The van der Waals surface area contributed by atoms with Crippen molar-refractivity contribution in [3.8, 4) is 5.75 Å². The summed E-state index contributed by atoms with van der Waals surface area (Å²) in [6, 6.07) is 2.28. The number of hydrogen-bond acceptors (Lipinski definition) is 3. The molecule has 0 spiro atoms. The third-order valence-electron chi connectivity index (χ3n) is 1.59. The normalized spacial score (nSPS) is 11.5. The van der Waals surface area contributed by atoms with Crippen LogP contribution in [0.2, 0.25) is 0 Å². The Morgan fingerprint density at radius 2 is 2.00 bits per heavy atom. The third kappa shape index (κ3) is 3.28. The topological polar surface area (TPSA) is 55.5 Å². The Balaban J connectivity index is 3.05. The summed E-state index contributed by atoms with van der Waals surface area (Å²) < 4.78 is 39.5. The van der Waals surface area contributed by atoms with E-state index in [1.54, 1.807) is 0 Å². The third-order valence-corrected chi connectivity index (χ3v) is 2.21. The van der Waals surface area contributed by atoms with Crippen LogP contribution in [-0.2, 0) is 6.61 Å². The van der Waals surface area contributed by atoms with Crippen molar-refractivity contribution in [2.75, 3.05) is 5.73 Å². The van der Waals surface area contributed by atoms with Crippen LogP contribution < -0.4 is 10.5 Å². The highest BCUT2D eigenvalue weighted by Crippen LogP contribution is 2.33. The molecule has 1 aromatic carbocycles. The molecule has 3 nitrogen and oxygen atoms in total. The van der Waals surface area contributed by atoms with Gasteiger partial charge in [-0.05, 0) is 22.0 Å². The van der Waals surface area contributed by atoms with Gasteiger partial charge in [-0.3, -0.25) is 0 Å². The Labute approximate surface area is 91.8 Å².